The molecule has 1 saturated heterocycles. The van der Waals surface area contributed by atoms with Crippen molar-refractivity contribution in [3.05, 3.63) is 41.6 Å². The number of aryl methyl sites for hydroxylation is 1. The Balaban J connectivity index is 1.88. The summed E-state index contributed by atoms with van der Waals surface area (Å²) in [5.41, 5.74) is 2.05. The molecule has 126 valence electrons. The number of aromatic nitrogens is 2. The van der Waals surface area contributed by atoms with Crippen molar-refractivity contribution in [3.63, 3.8) is 0 Å². The highest BCUT2D eigenvalue weighted by Gasteiger charge is 2.16. The van der Waals surface area contributed by atoms with Gasteiger partial charge in [0.1, 0.15) is 5.82 Å². The van der Waals surface area contributed by atoms with Crippen molar-refractivity contribution in [2.45, 2.75) is 26.2 Å². The lowest BCUT2D eigenvalue weighted by Gasteiger charge is -2.27. The molecule has 2 aromatic rings. The van der Waals surface area contributed by atoms with Crippen molar-refractivity contribution < 1.29 is 9.53 Å². The first-order valence-electron chi connectivity index (χ1n) is 8.22. The summed E-state index contributed by atoms with van der Waals surface area (Å²) in [4.78, 5) is 23.3. The molecule has 0 bridgehead atoms. The zero-order valence-corrected chi connectivity index (χ0v) is 14.1. The Morgan fingerprint density at radius 1 is 1.17 bits per heavy atom. The van der Waals surface area contributed by atoms with Crippen LogP contribution in [0.2, 0.25) is 0 Å². The molecule has 2 heterocycles. The summed E-state index contributed by atoms with van der Waals surface area (Å²) in [5.74, 6) is 1.05. The molecule has 0 radical (unpaired) electrons. The van der Waals surface area contributed by atoms with E-state index < -0.39 is 0 Å². The van der Waals surface area contributed by atoms with E-state index in [1.165, 1.54) is 26.4 Å². The van der Waals surface area contributed by atoms with Gasteiger partial charge in [0.15, 0.2) is 0 Å². The quantitative estimate of drug-likeness (QED) is 0.870. The van der Waals surface area contributed by atoms with E-state index in [0.29, 0.717) is 17.1 Å². The Hall–Kier alpha value is -2.63. The van der Waals surface area contributed by atoms with Crippen LogP contribution in [-0.4, -0.2) is 36.1 Å². The number of anilines is 3. The van der Waals surface area contributed by atoms with Crippen LogP contribution >= 0.6 is 0 Å². The zero-order valence-electron chi connectivity index (χ0n) is 14.1. The molecular weight excluding hydrogens is 304 g/mol. The topological polar surface area (TPSA) is 67.3 Å². The maximum atomic E-state index is 11.9. The summed E-state index contributed by atoms with van der Waals surface area (Å²) in [6.45, 7) is 3.93. The number of nitrogens with zero attached hydrogens (tertiary/aromatic N) is 3. The van der Waals surface area contributed by atoms with Gasteiger partial charge < -0.3 is 15.0 Å². The highest BCUT2D eigenvalue weighted by molar-refractivity contribution is 5.96. The van der Waals surface area contributed by atoms with Gasteiger partial charge in [-0.2, -0.15) is 4.98 Å². The fourth-order valence-corrected chi connectivity index (χ4v) is 2.87. The van der Waals surface area contributed by atoms with Gasteiger partial charge in [0.05, 0.1) is 18.4 Å². The minimum Gasteiger partial charge on any atom is -0.465 e. The van der Waals surface area contributed by atoms with Gasteiger partial charge in [-0.1, -0.05) is 12.1 Å². The Morgan fingerprint density at radius 3 is 2.67 bits per heavy atom. The van der Waals surface area contributed by atoms with E-state index in [9.17, 15) is 4.79 Å². The number of carbonyl (C=O) groups is 1. The van der Waals surface area contributed by atoms with Crippen LogP contribution in [0.25, 0.3) is 0 Å². The number of rotatable bonds is 4. The normalized spacial score (nSPS) is 14.3. The number of benzene rings is 1. The first-order chi connectivity index (χ1) is 11.7. The molecule has 0 unspecified atom stereocenters. The van der Waals surface area contributed by atoms with Gasteiger partial charge in [-0.3, -0.25) is 0 Å². The molecule has 1 aromatic carbocycles. The second-order valence-corrected chi connectivity index (χ2v) is 5.90. The predicted octanol–water partition coefficient (Wildman–Crippen LogP) is 3.31. The standard InChI is InChI=1S/C18H22N4O2/c1-13-12-16(21-18(19-13)22-10-6-3-7-11-22)20-15-9-5-4-8-14(15)17(23)24-2/h4-5,8-9,12H,3,6-7,10-11H2,1-2H3,(H,19,20,21). The Labute approximate surface area is 141 Å². The van der Waals surface area contributed by atoms with Crippen molar-refractivity contribution in [1.29, 1.82) is 0 Å². The van der Waals surface area contributed by atoms with E-state index in [0.717, 1.165) is 24.7 Å². The molecule has 1 aliphatic heterocycles. The number of methoxy groups -OCH3 is 1. The molecule has 0 aliphatic carbocycles. The van der Waals surface area contributed by atoms with E-state index in [1.54, 1.807) is 6.07 Å². The van der Waals surface area contributed by atoms with Crippen molar-refractivity contribution >= 4 is 23.4 Å². The Kier molecular flexibility index (Phi) is 4.93. The number of esters is 1. The Bertz CT molecular complexity index is 727. The number of piperidine rings is 1. The van der Waals surface area contributed by atoms with E-state index in [-0.39, 0.29) is 5.97 Å². The zero-order chi connectivity index (χ0) is 16.9. The molecule has 0 spiro atoms. The van der Waals surface area contributed by atoms with E-state index in [4.69, 9.17) is 4.74 Å². The number of nitrogens with one attached hydrogen (secondary N) is 1. The van der Waals surface area contributed by atoms with Gasteiger partial charge in [0, 0.05) is 24.8 Å². The summed E-state index contributed by atoms with van der Waals surface area (Å²) in [6, 6.07) is 9.12. The maximum absolute atomic E-state index is 11.9. The minimum atomic E-state index is -0.375. The lowest BCUT2D eigenvalue weighted by molar-refractivity contribution is 0.0602. The van der Waals surface area contributed by atoms with Gasteiger partial charge in [0.25, 0.3) is 0 Å². The van der Waals surface area contributed by atoms with Gasteiger partial charge >= 0.3 is 5.97 Å². The summed E-state index contributed by atoms with van der Waals surface area (Å²) in [5, 5.41) is 3.23. The first kappa shape index (κ1) is 16.2. The van der Waals surface area contributed by atoms with Crippen LogP contribution in [0.3, 0.4) is 0 Å². The van der Waals surface area contributed by atoms with Crippen LogP contribution in [0.15, 0.2) is 30.3 Å². The van der Waals surface area contributed by atoms with Crippen LogP contribution in [0, 0.1) is 6.92 Å². The molecule has 1 N–H and O–H groups in total. The molecular formula is C18H22N4O2. The smallest absolute Gasteiger partial charge is 0.339 e. The lowest BCUT2D eigenvalue weighted by Crippen LogP contribution is -2.31. The van der Waals surface area contributed by atoms with Crippen molar-refractivity contribution in [3.8, 4) is 0 Å². The second kappa shape index (κ2) is 7.29. The fourth-order valence-electron chi connectivity index (χ4n) is 2.87. The average Bonchev–Trinajstić information content (AvgIpc) is 2.62. The predicted molar refractivity (Wildman–Crippen MR) is 93.9 cm³/mol. The van der Waals surface area contributed by atoms with Crippen LogP contribution < -0.4 is 10.2 Å². The third-order valence-corrected chi connectivity index (χ3v) is 4.08. The summed E-state index contributed by atoms with van der Waals surface area (Å²) < 4.78 is 4.84. The molecule has 3 rings (SSSR count). The van der Waals surface area contributed by atoms with Crippen LogP contribution in [0.1, 0.15) is 35.3 Å². The van der Waals surface area contributed by atoms with Crippen molar-refractivity contribution in [1.82, 2.24) is 9.97 Å². The number of para-hydroxylation sites is 1. The van der Waals surface area contributed by atoms with Gasteiger partial charge in [-0.25, -0.2) is 9.78 Å². The minimum absolute atomic E-state index is 0.375. The van der Waals surface area contributed by atoms with E-state index in [1.807, 2.05) is 31.2 Å². The molecule has 1 fully saturated rings. The molecule has 0 saturated carbocycles. The summed E-state index contributed by atoms with van der Waals surface area (Å²) >= 11 is 0. The van der Waals surface area contributed by atoms with Crippen LogP contribution in [0.4, 0.5) is 17.5 Å². The lowest BCUT2D eigenvalue weighted by atomic mass is 10.1. The molecule has 6 heteroatoms. The fraction of sp³-hybridized carbons (Fsp3) is 0.389. The first-order valence-corrected chi connectivity index (χ1v) is 8.22. The SMILES string of the molecule is COC(=O)c1ccccc1Nc1cc(C)nc(N2CCCCC2)n1. The highest BCUT2D eigenvalue weighted by Crippen LogP contribution is 2.23. The largest absolute Gasteiger partial charge is 0.465 e. The van der Waals surface area contributed by atoms with Crippen LogP contribution in [-0.2, 0) is 4.74 Å². The summed E-state index contributed by atoms with van der Waals surface area (Å²) in [6.07, 6.45) is 3.61. The molecule has 0 atom stereocenters. The van der Waals surface area contributed by atoms with E-state index >= 15 is 0 Å². The number of ether oxygens (including phenoxy) is 1. The van der Waals surface area contributed by atoms with Gasteiger partial charge in [-0.15, -0.1) is 0 Å². The van der Waals surface area contributed by atoms with E-state index in [2.05, 4.69) is 20.2 Å². The number of hydrogen-bond donors (Lipinski definition) is 1. The molecule has 0 amide bonds. The highest BCUT2D eigenvalue weighted by atomic mass is 16.5. The average molecular weight is 326 g/mol. The molecule has 6 nitrogen and oxygen atoms in total. The molecule has 1 aliphatic rings. The maximum Gasteiger partial charge on any atom is 0.339 e. The van der Waals surface area contributed by atoms with Crippen LogP contribution in [0.5, 0.6) is 0 Å². The van der Waals surface area contributed by atoms with Crippen molar-refractivity contribution in [2.24, 2.45) is 0 Å². The monoisotopic (exact) mass is 326 g/mol. The molecule has 1 aromatic heterocycles. The van der Waals surface area contributed by atoms with Gasteiger partial charge in [0.2, 0.25) is 5.95 Å². The number of hydrogen-bond acceptors (Lipinski definition) is 6. The number of carbonyl (C=O) groups excluding carboxylic acids is 1. The third-order valence-electron chi connectivity index (χ3n) is 4.08. The molecule has 24 heavy (non-hydrogen) atoms. The third kappa shape index (κ3) is 3.64. The van der Waals surface area contributed by atoms with Gasteiger partial charge in [-0.05, 0) is 38.3 Å². The second-order valence-electron chi connectivity index (χ2n) is 5.90. The Morgan fingerprint density at radius 2 is 1.92 bits per heavy atom. The van der Waals surface area contributed by atoms with Crippen molar-refractivity contribution in [2.75, 3.05) is 30.4 Å². The summed E-state index contributed by atoms with van der Waals surface area (Å²) in [7, 11) is 1.38.